The number of hydrazine groups is 1. The molecule has 0 aliphatic heterocycles. The number of ether oxygens (including phenoxy) is 1. The summed E-state index contributed by atoms with van der Waals surface area (Å²) in [7, 11) is 1.47. The van der Waals surface area contributed by atoms with E-state index >= 15 is 0 Å². The number of methoxy groups -OCH3 is 1. The largest absolute Gasteiger partial charge is 0.375 e. The maximum absolute atomic E-state index is 14.3. The molecule has 21 heavy (non-hydrogen) atoms. The van der Waals surface area contributed by atoms with Gasteiger partial charge in [0.15, 0.2) is 0 Å². The van der Waals surface area contributed by atoms with Crippen LogP contribution in [0.15, 0.2) is 46.9 Å². The lowest BCUT2D eigenvalue weighted by molar-refractivity contribution is 0.0651. The molecule has 0 spiro atoms. The van der Waals surface area contributed by atoms with E-state index in [0.29, 0.717) is 0 Å². The fraction of sp³-hybridized carbons (Fsp3) is 0.200. The molecule has 2 atom stereocenters. The highest BCUT2D eigenvalue weighted by Crippen LogP contribution is 2.35. The lowest BCUT2D eigenvalue weighted by Gasteiger charge is -2.27. The van der Waals surface area contributed by atoms with Crippen molar-refractivity contribution in [2.45, 2.75) is 12.1 Å². The Labute approximate surface area is 130 Å². The van der Waals surface area contributed by atoms with Gasteiger partial charge in [0.2, 0.25) is 0 Å². The minimum absolute atomic E-state index is 0.164. The highest BCUT2D eigenvalue weighted by molar-refractivity contribution is 9.10. The maximum atomic E-state index is 14.3. The first-order chi connectivity index (χ1) is 10.1. The van der Waals surface area contributed by atoms with Gasteiger partial charge in [0.1, 0.15) is 17.7 Å². The Morgan fingerprint density at radius 2 is 1.81 bits per heavy atom. The quantitative estimate of drug-likeness (QED) is 0.488. The van der Waals surface area contributed by atoms with E-state index in [1.807, 2.05) is 30.3 Å². The Bertz CT molecular complexity index is 610. The molecule has 0 amide bonds. The van der Waals surface area contributed by atoms with Gasteiger partial charge in [-0.25, -0.2) is 14.2 Å². The van der Waals surface area contributed by atoms with Gasteiger partial charge in [-0.3, -0.25) is 5.84 Å². The van der Waals surface area contributed by atoms with Crippen LogP contribution < -0.4 is 11.3 Å². The Hall–Kier alpha value is -1.34. The monoisotopic (exact) mass is 356 g/mol. The molecule has 0 saturated heterocycles. The number of halogens is 3. The van der Waals surface area contributed by atoms with Crippen molar-refractivity contribution >= 4 is 15.9 Å². The van der Waals surface area contributed by atoms with Crippen LogP contribution in [0, 0.1) is 11.6 Å². The highest BCUT2D eigenvalue weighted by Gasteiger charge is 2.29. The summed E-state index contributed by atoms with van der Waals surface area (Å²) >= 11 is 3.05. The summed E-state index contributed by atoms with van der Waals surface area (Å²) in [4.78, 5) is 0. The third-order valence-corrected chi connectivity index (χ3v) is 3.87. The van der Waals surface area contributed by atoms with Gasteiger partial charge in [-0.15, -0.1) is 0 Å². The van der Waals surface area contributed by atoms with Crippen LogP contribution in [-0.2, 0) is 4.74 Å². The van der Waals surface area contributed by atoms with Crippen molar-refractivity contribution in [2.75, 3.05) is 7.11 Å². The van der Waals surface area contributed by atoms with Gasteiger partial charge in [0.05, 0.1) is 10.5 Å². The normalized spacial score (nSPS) is 14.0. The van der Waals surface area contributed by atoms with Crippen molar-refractivity contribution in [3.63, 3.8) is 0 Å². The summed E-state index contributed by atoms with van der Waals surface area (Å²) < 4.78 is 33.9. The molecule has 0 aliphatic carbocycles. The van der Waals surface area contributed by atoms with E-state index in [2.05, 4.69) is 21.4 Å². The first-order valence-corrected chi connectivity index (χ1v) is 7.06. The molecular formula is C15H15BrF2N2O. The molecule has 3 N–H and O–H groups in total. The number of nitrogens with one attached hydrogen (secondary N) is 1. The summed E-state index contributed by atoms with van der Waals surface area (Å²) in [5.41, 5.74) is 3.05. The van der Waals surface area contributed by atoms with Gasteiger partial charge in [-0.05, 0) is 33.6 Å². The van der Waals surface area contributed by atoms with Crippen LogP contribution in [0.3, 0.4) is 0 Å². The molecule has 3 nitrogen and oxygen atoms in total. The SMILES string of the molecule is COC(c1ccccc1)C(NN)c1c(F)ccc(Br)c1F. The summed E-state index contributed by atoms with van der Waals surface area (Å²) in [6.07, 6.45) is -0.630. The van der Waals surface area contributed by atoms with Crippen molar-refractivity contribution in [1.82, 2.24) is 5.43 Å². The molecule has 0 aliphatic rings. The standard InChI is InChI=1S/C15H15BrF2N2O/c1-21-15(9-5-3-2-4-6-9)14(20-19)12-11(17)8-7-10(16)13(12)18/h2-8,14-15,20H,19H2,1H3. The molecule has 0 saturated carbocycles. The Balaban J connectivity index is 2.51. The summed E-state index contributed by atoms with van der Waals surface area (Å²) in [6.45, 7) is 0. The number of hydrogen-bond acceptors (Lipinski definition) is 3. The molecule has 0 heterocycles. The fourth-order valence-electron chi connectivity index (χ4n) is 2.26. The molecule has 0 aromatic heterocycles. The van der Waals surface area contributed by atoms with Crippen LogP contribution in [0.2, 0.25) is 0 Å². The minimum atomic E-state index is -0.866. The predicted molar refractivity (Wildman–Crippen MR) is 80.3 cm³/mol. The van der Waals surface area contributed by atoms with Crippen LogP contribution >= 0.6 is 15.9 Å². The van der Waals surface area contributed by atoms with E-state index in [1.54, 1.807) is 0 Å². The smallest absolute Gasteiger partial charge is 0.145 e. The predicted octanol–water partition coefficient (Wildman–Crippen LogP) is 3.62. The molecule has 2 aromatic rings. The molecule has 2 aromatic carbocycles. The molecule has 112 valence electrons. The summed E-state index contributed by atoms with van der Waals surface area (Å²) in [5, 5.41) is 0. The molecular weight excluding hydrogens is 342 g/mol. The zero-order valence-corrected chi connectivity index (χ0v) is 12.9. The Kier molecular flexibility index (Phi) is 5.41. The third kappa shape index (κ3) is 3.29. The first kappa shape index (κ1) is 16.0. The van der Waals surface area contributed by atoms with Gasteiger partial charge >= 0.3 is 0 Å². The van der Waals surface area contributed by atoms with Crippen molar-refractivity contribution in [2.24, 2.45) is 5.84 Å². The average molecular weight is 357 g/mol. The van der Waals surface area contributed by atoms with E-state index in [9.17, 15) is 8.78 Å². The molecule has 6 heteroatoms. The van der Waals surface area contributed by atoms with E-state index in [0.717, 1.165) is 5.56 Å². The maximum Gasteiger partial charge on any atom is 0.145 e. The fourth-order valence-corrected chi connectivity index (χ4v) is 2.60. The number of hydrogen-bond donors (Lipinski definition) is 2. The zero-order chi connectivity index (χ0) is 15.4. The summed E-state index contributed by atoms with van der Waals surface area (Å²) in [5.74, 6) is 4.15. The van der Waals surface area contributed by atoms with Crippen LogP contribution in [0.5, 0.6) is 0 Å². The number of rotatable bonds is 5. The number of nitrogens with two attached hydrogens (primary N) is 1. The van der Waals surface area contributed by atoms with Gasteiger partial charge in [0.25, 0.3) is 0 Å². The zero-order valence-electron chi connectivity index (χ0n) is 11.3. The second kappa shape index (κ2) is 7.09. The van der Waals surface area contributed by atoms with Crippen molar-refractivity contribution in [3.8, 4) is 0 Å². The van der Waals surface area contributed by atoms with E-state index < -0.39 is 23.8 Å². The summed E-state index contributed by atoms with van der Waals surface area (Å²) in [6, 6.07) is 10.7. The molecule has 2 rings (SSSR count). The van der Waals surface area contributed by atoms with Gasteiger partial charge in [-0.1, -0.05) is 30.3 Å². The van der Waals surface area contributed by atoms with E-state index in [1.165, 1.54) is 19.2 Å². The van der Waals surface area contributed by atoms with Crippen LogP contribution in [0.25, 0.3) is 0 Å². The third-order valence-electron chi connectivity index (χ3n) is 3.25. The lowest BCUT2D eigenvalue weighted by Crippen LogP contribution is -2.34. The van der Waals surface area contributed by atoms with Gasteiger partial charge in [0, 0.05) is 12.7 Å². The Morgan fingerprint density at radius 3 is 2.38 bits per heavy atom. The molecule has 0 bridgehead atoms. The lowest BCUT2D eigenvalue weighted by atomic mass is 9.95. The van der Waals surface area contributed by atoms with E-state index in [4.69, 9.17) is 10.6 Å². The second-order valence-electron chi connectivity index (χ2n) is 4.47. The van der Waals surface area contributed by atoms with Crippen molar-refractivity contribution in [1.29, 1.82) is 0 Å². The molecule has 2 unspecified atom stereocenters. The second-order valence-corrected chi connectivity index (χ2v) is 5.32. The molecule has 0 radical (unpaired) electrons. The Morgan fingerprint density at radius 1 is 1.14 bits per heavy atom. The highest BCUT2D eigenvalue weighted by atomic mass is 79.9. The van der Waals surface area contributed by atoms with Crippen LogP contribution in [0.4, 0.5) is 8.78 Å². The molecule has 0 fully saturated rings. The van der Waals surface area contributed by atoms with Gasteiger partial charge in [-0.2, -0.15) is 0 Å². The van der Waals surface area contributed by atoms with Crippen LogP contribution in [0.1, 0.15) is 23.3 Å². The number of benzene rings is 2. The van der Waals surface area contributed by atoms with Crippen LogP contribution in [-0.4, -0.2) is 7.11 Å². The first-order valence-electron chi connectivity index (χ1n) is 6.27. The van der Waals surface area contributed by atoms with Crippen molar-refractivity contribution in [3.05, 3.63) is 69.7 Å². The topological polar surface area (TPSA) is 47.3 Å². The van der Waals surface area contributed by atoms with Crippen molar-refractivity contribution < 1.29 is 13.5 Å². The average Bonchev–Trinajstić information content (AvgIpc) is 2.51. The van der Waals surface area contributed by atoms with Gasteiger partial charge < -0.3 is 4.74 Å². The minimum Gasteiger partial charge on any atom is -0.375 e. The van der Waals surface area contributed by atoms with E-state index in [-0.39, 0.29) is 10.0 Å².